The standard InChI is InChI=1S/C13H16N6O2S/c1-8-4-5-11(9(2)6-8)19-13(16-17-18-19)22-7-12(21)15-14-10(3)20/h4-6H,7H2,1-3H3,(H,14,20)(H,15,21). The van der Waals surface area contributed by atoms with Gasteiger partial charge in [0.15, 0.2) is 0 Å². The zero-order valence-electron chi connectivity index (χ0n) is 12.5. The zero-order valence-corrected chi connectivity index (χ0v) is 13.3. The molecule has 1 aromatic carbocycles. The van der Waals surface area contributed by atoms with Crippen molar-refractivity contribution in [2.24, 2.45) is 0 Å². The van der Waals surface area contributed by atoms with Gasteiger partial charge in [0.1, 0.15) is 0 Å². The van der Waals surface area contributed by atoms with Gasteiger partial charge in [0.2, 0.25) is 17.0 Å². The summed E-state index contributed by atoms with van der Waals surface area (Å²) in [6.07, 6.45) is 0. The van der Waals surface area contributed by atoms with Gasteiger partial charge in [-0.05, 0) is 35.9 Å². The van der Waals surface area contributed by atoms with E-state index in [1.165, 1.54) is 18.7 Å². The van der Waals surface area contributed by atoms with Crippen LogP contribution < -0.4 is 10.9 Å². The van der Waals surface area contributed by atoms with Crippen molar-refractivity contribution >= 4 is 23.6 Å². The molecule has 116 valence electrons. The van der Waals surface area contributed by atoms with E-state index >= 15 is 0 Å². The molecule has 0 fully saturated rings. The highest BCUT2D eigenvalue weighted by Gasteiger charge is 2.13. The van der Waals surface area contributed by atoms with Crippen LogP contribution in [0.3, 0.4) is 0 Å². The van der Waals surface area contributed by atoms with E-state index in [0.717, 1.165) is 16.8 Å². The summed E-state index contributed by atoms with van der Waals surface area (Å²) in [5, 5.41) is 12.0. The smallest absolute Gasteiger partial charge is 0.248 e. The number of nitrogens with zero attached hydrogens (tertiary/aromatic N) is 4. The first kappa shape index (κ1) is 16.0. The topological polar surface area (TPSA) is 102 Å². The number of hydrazine groups is 1. The van der Waals surface area contributed by atoms with Gasteiger partial charge < -0.3 is 0 Å². The van der Waals surface area contributed by atoms with Gasteiger partial charge in [-0.3, -0.25) is 20.4 Å². The summed E-state index contributed by atoms with van der Waals surface area (Å²) in [5.41, 5.74) is 7.56. The second-order valence-electron chi connectivity index (χ2n) is 4.68. The third kappa shape index (κ3) is 4.04. The molecule has 0 spiro atoms. The Labute approximate surface area is 131 Å². The number of carbonyl (C=O) groups excluding carboxylic acids is 2. The highest BCUT2D eigenvalue weighted by Crippen LogP contribution is 2.21. The Morgan fingerprint density at radius 2 is 2.05 bits per heavy atom. The van der Waals surface area contributed by atoms with E-state index in [2.05, 4.69) is 26.4 Å². The molecular weight excluding hydrogens is 304 g/mol. The van der Waals surface area contributed by atoms with Crippen LogP contribution in [0.1, 0.15) is 18.1 Å². The third-order valence-electron chi connectivity index (χ3n) is 2.73. The highest BCUT2D eigenvalue weighted by molar-refractivity contribution is 7.99. The number of aromatic nitrogens is 4. The second kappa shape index (κ2) is 7.03. The van der Waals surface area contributed by atoms with Gasteiger partial charge in [-0.25, -0.2) is 0 Å². The number of amides is 2. The van der Waals surface area contributed by atoms with Gasteiger partial charge in [0.25, 0.3) is 0 Å². The predicted molar refractivity (Wildman–Crippen MR) is 81.3 cm³/mol. The van der Waals surface area contributed by atoms with E-state index in [9.17, 15) is 9.59 Å². The van der Waals surface area contributed by atoms with E-state index in [1.807, 2.05) is 32.0 Å². The first-order valence-electron chi connectivity index (χ1n) is 6.51. The van der Waals surface area contributed by atoms with E-state index in [4.69, 9.17) is 0 Å². The van der Waals surface area contributed by atoms with Crippen LogP contribution >= 0.6 is 11.8 Å². The molecule has 2 aromatic rings. The van der Waals surface area contributed by atoms with Crippen molar-refractivity contribution in [2.45, 2.75) is 25.9 Å². The molecule has 0 aliphatic heterocycles. The molecule has 2 rings (SSSR count). The molecule has 2 amide bonds. The summed E-state index contributed by atoms with van der Waals surface area (Å²) in [4.78, 5) is 22.3. The number of rotatable bonds is 4. The Morgan fingerprint density at radius 1 is 1.27 bits per heavy atom. The van der Waals surface area contributed by atoms with Gasteiger partial charge in [-0.15, -0.1) is 5.10 Å². The summed E-state index contributed by atoms with van der Waals surface area (Å²) in [5.74, 6) is -0.584. The molecule has 8 nitrogen and oxygen atoms in total. The SMILES string of the molecule is CC(=O)NNC(=O)CSc1nnnn1-c1ccc(C)cc1C. The maximum absolute atomic E-state index is 11.6. The van der Waals surface area contributed by atoms with Crippen molar-refractivity contribution in [1.29, 1.82) is 0 Å². The van der Waals surface area contributed by atoms with Crippen molar-refractivity contribution in [3.63, 3.8) is 0 Å². The van der Waals surface area contributed by atoms with Crippen LogP contribution in [-0.4, -0.2) is 37.8 Å². The van der Waals surface area contributed by atoms with Gasteiger partial charge in [-0.1, -0.05) is 29.5 Å². The first-order chi connectivity index (χ1) is 10.5. The van der Waals surface area contributed by atoms with Gasteiger partial charge in [0.05, 0.1) is 11.4 Å². The number of hydrogen-bond donors (Lipinski definition) is 2. The van der Waals surface area contributed by atoms with Crippen LogP contribution in [0.2, 0.25) is 0 Å². The van der Waals surface area contributed by atoms with E-state index in [0.29, 0.717) is 5.16 Å². The molecule has 22 heavy (non-hydrogen) atoms. The average Bonchev–Trinajstić information content (AvgIpc) is 2.91. The number of benzene rings is 1. The average molecular weight is 320 g/mol. The number of carbonyl (C=O) groups is 2. The lowest BCUT2D eigenvalue weighted by Gasteiger charge is -2.08. The maximum Gasteiger partial charge on any atom is 0.248 e. The van der Waals surface area contributed by atoms with Crippen molar-refractivity contribution in [1.82, 2.24) is 31.1 Å². The molecule has 0 aliphatic carbocycles. The Morgan fingerprint density at radius 3 is 2.73 bits per heavy atom. The van der Waals surface area contributed by atoms with Gasteiger partial charge >= 0.3 is 0 Å². The largest absolute Gasteiger partial charge is 0.274 e. The minimum Gasteiger partial charge on any atom is -0.274 e. The Balaban J connectivity index is 2.07. The van der Waals surface area contributed by atoms with Gasteiger partial charge in [0, 0.05) is 6.92 Å². The predicted octanol–water partition coefficient (Wildman–Crippen LogP) is 0.539. The van der Waals surface area contributed by atoms with Crippen molar-refractivity contribution in [3.8, 4) is 5.69 Å². The fourth-order valence-corrected chi connectivity index (χ4v) is 2.47. The van der Waals surface area contributed by atoms with Gasteiger partial charge in [-0.2, -0.15) is 4.68 Å². The summed E-state index contributed by atoms with van der Waals surface area (Å²) in [6, 6.07) is 5.94. The van der Waals surface area contributed by atoms with Crippen molar-refractivity contribution < 1.29 is 9.59 Å². The molecule has 0 bridgehead atoms. The molecule has 1 heterocycles. The lowest BCUT2D eigenvalue weighted by Crippen LogP contribution is -2.41. The van der Waals surface area contributed by atoms with Crippen LogP contribution in [0.15, 0.2) is 23.4 Å². The molecule has 0 aliphatic rings. The fourth-order valence-electron chi connectivity index (χ4n) is 1.79. The van der Waals surface area contributed by atoms with Crippen LogP contribution in [-0.2, 0) is 9.59 Å². The van der Waals surface area contributed by atoms with Crippen LogP contribution in [0.25, 0.3) is 5.69 Å². The molecule has 9 heteroatoms. The summed E-state index contributed by atoms with van der Waals surface area (Å²) in [6.45, 7) is 5.30. The highest BCUT2D eigenvalue weighted by atomic mass is 32.2. The zero-order chi connectivity index (χ0) is 16.1. The molecular formula is C13H16N6O2S. The maximum atomic E-state index is 11.6. The lowest BCUT2D eigenvalue weighted by atomic mass is 10.1. The van der Waals surface area contributed by atoms with Crippen LogP contribution in [0.5, 0.6) is 0 Å². The van der Waals surface area contributed by atoms with Crippen molar-refractivity contribution in [2.75, 3.05) is 5.75 Å². The fraction of sp³-hybridized carbons (Fsp3) is 0.308. The van der Waals surface area contributed by atoms with Crippen LogP contribution in [0, 0.1) is 13.8 Å². The summed E-state index contributed by atoms with van der Waals surface area (Å²) in [7, 11) is 0. The minimum atomic E-state index is -0.338. The second-order valence-corrected chi connectivity index (χ2v) is 5.62. The molecule has 0 radical (unpaired) electrons. The first-order valence-corrected chi connectivity index (χ1v) is 7.50. The molecule has 0 saturated heterocycles. The number of thioether (sulfide) groups is 1. The van der Waals surface area contributed by atoms with Crippen molar-refractivity contribution in [3.05, 3.63) is 29.3 Å². The number of tetrazole rings is 1. The molecule has 0 saturated carbocycles. The number of aryl methyl sites for hydroxylation is 2. The van der Waals surface area contributed by atoms with E-state index < -0.39 is 0 Å². The van der Waals surface area contributed by atoms with Crippen LogP contribution in [0.4, 0.5) is 0 Å². The quantitative estimate of drug-likeness (QED) is 0.630. The molecule has 0 atom stereocenters. The van der Waals surface area contributed by atoms with E-state index in [1.54, 1.807) is 4.68 Å². The Bertz CT molecular complexity index is 700. The lowest BCUT2D eigenvalue weighted by molar-refractivity contribution is -0.126. The third-order valence-corrected chi connectivity index (χ3v) is 3.65. The summed E-state index contributed by atoms with van der Waals surface area (Å²) >= 11 is 1.18. The number of nitrogens with one attached hydrogen (secondary N) is 2. The summed E-state index contributed by atoms with van der Waals surface area (Å²) < 4.78 is 1.59. The Kier molecular flexibility index (Phi) is 5.10. The monoisotopic (exact) mass is 320 g/mol. The molecule has 1 aromatic heterocycles. The number of hydrogen-bond acceptors (Lipinski definition) is 6. The normalized spacial score (nSPS) is 10.3. The van der Waals surface area contributed by atoms with E-state index in [-0.39, 0.29) is 17.6 Å². The molecule has 0 unspecified atom stereocenters. The minimum absolute atomic E-state index is 0.0889. The molecule has 2 N–H and O–H groups in total. The Hall–Kier alpha value is -2.42.